The van der Waals surface area contributed by atoms with Crippen LogP contribution in [0.3, 0.4) is 0 Å². The summed E-state index contributed by atoms with van der Waals surface area (Å²) in [5, 5.41) is 15.7. The molecule has 0 aliphatic carbocycles. The highest BCUT2D eigenvalue weighted by atomic mass is 32.2. The van der Waals surface area contributed by atoms with Crippen molar-refractivity contribution in [3.05, 3.63) is 0 Å². The Bertz CT molecular complexity index is 467. The third-order valence-corrected chi connectivity index (χ3v) is 5.27. The zero-order valence-corrected chi connectivity index (χ0v) is 17.4. The third-order valence-electron chi connectivity index (χ3n) is 3.89. The van der Waals surface area contributed by atoms with E-state index in [0.717, 1.165) is 31.8 Å². The van der Waals surface area contributed by atoms with Crippen molar-refractivity contribution < 1.29 is 13.5 Å². The Hall–Kier alpha value is -0.860. The molecule has 0 saturated carbocycles. The molecule has 0 heterocycles. The molecule has 0 aromatic rings. The number of nitrogens with zero attached hydrogens (tertiary/aromatic N) is 2. The standard InChI is InChI=1S/C17H38N4O3S/c1-6-18-17(20-14-16(9-12-22)13-15(3)4)19-10-8-11-21(7-2)25(5,23)24/h15-16,22H,6-14H2,1-5H3,(H2,18,19,20). The van der Waals surface area contributed by atoms with E-state index < -0.39 is 10.0 Å². The summed E-state index contributed by atoms with van der Waals surface area (Å²) in [4.78, 5) is 4.62. The van der Waals surface area contributed by atoms with E-state index in [1.165, 1.54) is 10.6 Å². The van der Waals surface area contributed by atoms with Gasteiger partial charge in [-0.25, -0.2) is 12.7 Å². The molecule has 0 fully saturated rings. The van der Waals surface area contributed by atoms with Crippen molar-refractivity contribution in [2.24, 2.45) is 16.8 Å². The second kappa shape index (κ2) is 13.4. The largest absolute Gasteiger partial charge is 0.396 e. The van der Waals surface area contributed by atoms with Gasteiger partial charge in [-0.05, 0) is 38.0 Å². The number of sulfonamides is 1. The van der Waals surface area contributed by atoms with Gasteiger partial charge in [0, 0.05) is 39.3 Å². The van der Waals surface area contributed by atoms with Crippen LogP contribution in [0.25, 0.3) is 0 Å². The minimum atomic E-state index is -3.13. The zero-order valence-electron chi connectivity index (χ0n) is 16.6. The van der Waals surface area contributed by atoms with Crippen molar-refractivity contribution in [1.29, 1.82) is 0 Å². The summed E-state index contributed by atoms with van der Waals surface area (Å²) in [7, 11) is -3.13. The smallest absolute Gasteiger partial charge is 0.211 e. The molecule has 3 N–H and O–H groups in total. The summed E-state index contributed by atoms with van der Waals surface area (Å²) in [5.74, 6) is 1.70. The maximum absolute atomic E-state index is 11.6. The summed E-state index contributed by atoms with van der Waals surface area (Å²) in [6.45, 7) is 11.5. The Labute approximate surface area is 154 Å². The second-order valence-corrected chi connectivity index (χ2v) is 8.74. The number of aliphatic hydroxyl groups excluding tert-OH is 1. The highest BCUT2D eigenvalue weighted by Gasteiger charge is 2.13. The molecular formula is C17H38N4O3S. The molecule has 25 heavy (non-hydrogen) atoms. The maximum Gasteiger partial charge on any atom is 0.211 e. The van der Waals surface area contributed by atoms with Gasteiger partial charge >= 0.3 is 0 Å². The molecule has 0 aromatic heterocycles. The fourth-order valence-electron chi connectivity index (χ4n) is 2.72. The molecule has 0 aliphatic rings. The molecule has 7 nitrogen and oxygen atoms in total. The van der Waals surface area contributed by atoms with Gasteiger partial charge in [-0.2, -0.15) is 0 Å². The van der Waals surface area contributed by atoms with Crippen LogP contribution in [0.2, 0.25) is 0 Å². The van der Waals surface area contributed by atoms with Crippen LogP contribution < -0.4 is 10.6 Å². The summed E-state index contributed by atoms with van der Waals surface area (Å²) < 4.78 is 24.6. The Morgan fingerprint density at radius 2 is 1.92 bits per heavy atom. The average molecular weight is 379 g/mol. The molecule has 1 unspecified atom stereocenters. The summed E-state index contributed by atoms with van der Waals surface area (Å²) >= 11 is 0. The van der Waals surface area contributed by atoms with E-state index in [2.05, 4.69) is 29.5 Å². The highest BCUT2D eigenvalue weighted by Crippen LogP contribution is 2.15. The molecule has 0 saturated heterocycles. The van der Waals surface area contributed by atoms with E-state index in [-0.39, 0.29) is 6.61 Å². The van der Waals surface area contributed by atoms with Crippen LogP contribution in [0, 0.1) is 11.8 Å². The Balaban J connectivity index is 4.48. The summed E-state index contributed by atoms with van der Waals surface area (Å²) in [6.07, 6.45) is 3.77. The Morgan fingerprint density at radius 3 is 2.40 bits per heavy atom. The van der Waals surface area contributed by atoms with E-state index in [1.807, 2.05) is 13.8 Å². The lowest BCUT2D eigenvalue weighted by Gasteiger charge is -2.19. The highest BCUT2D eigenvalue weighted by molar-refractivity contribution is 7.88. The number of guanidine groups is 1. The molecular weight excluding hydrogens is 340 g/mol. The van der Waals surface area contributed by atoms with Gasteiger partial charge in [0.05, 0.1) is 6.26 Å². The van der Waals surface area contributed by atoms with Crippen molar-refractivity contribution in [2.75, 3.05) is 45.6 Å². The van der Waals surface area contributed by atoms with Crippen LogP contribution >= 0.6 is 0 Å². The van der Waals surface area contributed by atoms with Crippen LogP contribution in [0.5, 0.6) is 0 Å². The van der Waals surface area contributed by atoms with Gasteiger partial charge in [0.1, 0.15) is 0 Å². The number of aliphatic imine (C=N–C) groups is 1. The van der Waals surface area contributed by atoms with E-state index in [4.69, 9.17) is 0 Å². The van der Waals surface area contributed by atoms with Gasteiger partial charge in [0.25, 0.3) is 0 Å². The fourth-order valence-corrected chi connectivity index (χ4v) is 3.65. The van der Waals surface area contributed by atoms with Crippen LogP contribution in [-0.4, -0.2) is 69.4 Å². The first-order valence-corrected chi connectivity index (χ1v) is 11.2. The van der Waals surface area contributed by atoms with Crippen LogP contribution in [0.15, 0.2) is 4.99 Å². The molecule has 0 rings (SSSR count). The van der Waals surface area contributed by atoms with E-state index >= 15 is 0 Å². The van der Waals surface area contributed by atoms with Crippen LogP contribution in [0.1, 0.15) is 47.0 Å². The number of rotatable bonds is 13. The van der Waals surface area contributed by atoms with Crippen molar-refractivity contribution in [3.8, 4) is 0 Å². The first kappa shape index (κ1) is 24.1. The Kier molecular flexibility index (Phi) is 12.9. The van der Waals surface area contributed by atoms with E-state index in [9.17, 15) is 13.5 Å². The lowest BCUT2D eigenvalue weighted by Crippen LogP contribution is -2.39. The van der Waals surface area contributed by atoms with Crippen LogP contribution in [-0.2, 0) is 10.0 Å². The number of hydrogen-bond donors (Lipinski definition) is 3. The fraction of sp³-hybridized carbons (Fsp3) is 0.941. The predicted molar refractivity (Wildman–Crippen MR) is 105 cm³/mol. The molecule has 0 radical (unpaired) electrons. The van der Waals surface area contributed by atoms with Gasteiger partial charge in [-0.1, -0.05) is 20.8 Å². The van der Waals surface area contributed by atoms with E-state index in [1.54, 1.807) is 0 Å². The van der Waals surface area contributed by atoms with Gasteiger partial charge in [0.15, 0.2) is 5.96 Å². The first-order chi connectivity index (χ1) is 11.7. The minimum Gasteiger partial charge on any atom is -0.396 e. The molecule has 8 heteroatoms. The predicted octanol–water partition coefficient (Wildman–Crippen LogP) is 1.26. The third kappa shape index (κ3) is 12.2. The maximum atomic E-state index is 11.6. The molecule has 0 aliphatic heterocycles. The molecule has 0 amide bonds. The monoisotopic (exact) mass is 378 g/mol. The van der Waals surface area contributed by atoms with Crippen molar-refractivity contribution in [3.63, 3.8) is 0 Å². The number of hydrogen-bond acceptors (Lipinski definition) is 4. The summed E-state index contributed by atoms with van der Waals surface area (Å²) in [6, 6.07) is 0. The van der Waals surface area contributed by atoms with Crippen molar-refractivity contribution in [2.45, 2.75) is 47.0 Å². The molecule has 150 valence electrons. The van der Waals surface area contributed by atoms with Gasteiger partial charge < -0.3 is 15.7 Å². The van der Waals surface area contributed by atoms with Gasteiger partial charge in [-0.3, -0.25) is 4.99 Å². The lowest BCUT2D eigenvalue weighted by atomic mass is 9.94. The molecule has 0 spiro atoms. The van der Waals surface area contributed by atoms with Crippen molar-refractivity contribution in [1.82, 2.24) is 14.9 Å². The zero-order chi connectivity index (χ0) is 19.3. The van der Waals surface area contributed by atoms with Crippen molar-refractivity contribution >= 4 is 16.0 Å². The topological polar surface area (TPSA) is 94.0 Å². The number of aliphatic hydroxyl groups is 1. The normalized spacial score (nSPS) is 14.2. The average Bonchev–Trinajstić information content (AvgIpc) is 2.50. The van der Waals surface area contributed by atoms with Crippen LogP contribution in [0.4, 0.5) is 0 Å². The molecule has 1 atom stereocenters. The minimum absolute atomic E-state index is 0.190. The van der Waals surface area contributed by atoms with Gasteiger partial charge in [0.2, 0.25) is 10.0 Å². The number of nitrogens with one attached hydrogen (secondary N) is 2. The first-order valence-electron chi connectivity index (χ1n) is 9.32. The van der Waals surface area contributed by atoms with E-state index in [0.29, 0.717) is 38.0 Å². The Morgan fingerprint density at radius 1 is 1.24 bits per heavy atom. The second-order valence-electron chi connectivity index (χ2n) is 6.76. The SMILES string of the molecule is CCNC(=NCC(CCO)CC(C)C)NCCCN(CC)S(C)(=O)=O. The molecule has 0 bridgehead atoms. The quantitative estimate of drug-likeness (QED) is 0.255. The lowest BCUT2D eigenvalue weighted by molar-refractivity contribution is 0.245. The summed E-state index contributed by atoms with van der Waals surface area (Å²) in [5.41, 5.74) is 0. The van der Waals surface area contributed by atoms with Gasteiger partial charge in [-0.15, -0.1) is 0 Å². The molecule has 0 aromatic carbocycles.